The van der Waals surface area contributed by atoms with E-state index in [0.717, 1.165) is 0 Å². The second kappa shape index (κ2) is 90.1. The Bertz CT molecular complexity index is 202. The van der Waals surface area contributed by atoms with E-state index in [9.17, 15) is 0 Å². The van der Waals surface area contributed by atoms with E-state index in [-0.39, 0.29) is 21.1 Å². The molecule has 7 nitrogen and oxygen atoms in total. The minimum absolute atomic E-state index is 0. The van der Waals surface area contributed by atoms with Crippen molar-refractivity contribution in [1.82, 2.24) is 0 Å². The van der Waals surface area contributed by atoms with E-state index in [4.69, 9.17) is 35.1 Å². The van der Waals surface area contributed by atoms with Gasteiger partial charge in [-0.25, -0.2) is 0 Å². The van der Waals surface area contributed by atoms with Crippen LogP contribution in [0.15, 0.2) is 0 Å². The number of hydrogen-bond donors (Lipinski definition) is 0. The van der Waals surface area contributed by atoms with Crippen LogP contribution in [-0.4, -0.2) is 30.7 Å². The molecule has 0 radical (unpaired) electrons. The van der Waals surface area contributed by atoms with Crippen LogP contribution in [0, 0.1) is 45.1 Å². The molecule has 0 amide bonds. The fraction of sp³-hybridized carbons (Fsp3) is 0.571. The second-order valence-corrected chi connectivity index (χ2v) is 2.61. The molecule has 0 aliphatic carbocycles. The van der Waals surface area contributed by atoms with E-state index in [2.05, 4.69) is 60.9 Å². The van der Waals surface area contributed by atoms with Crippen LogP contribution in [-0.2, 0) is 44.3 Å². The van der Waals surface area contributed by atoms with Gasteiger partial charge in [-0.05, 0) is 27.7 Å². The van der Waals surface area contributed by atoms with Gasteiger partial charge in [-0.1, -0.05) is 0 Å². The zero-order valence-electron chi connectivity index (χ0n) is 13.2. The van der Waals surface area contributed by atoms with Gasteiger partial charge in [0.2, 0.25) is 0 Å². The summed E-state index contributed by atoms with van der Waals surface area (Å²) in [5.74, 6) is 0. The normalized spacial score (nSPS) is 5.45. The van der Waals surface area contributed by atoms with Crippen molar-refractivity contribution in [3.63, 3.8) is 0 Å². The largest absolute Gasteiger partial charge is 0 e. The quantitative estimate of drug-likeness (QED) is 0.340. The van der Waals surface area contributed by atoms with Gasteiger partial charge in [0, 0.05) is 21.1 Å². The van der Waals surface area contributed by atoms with Crippen molar-refractivity contribution in [3.05, 3.63) is 39.8 Å². The van der Waals surface area contributed by atoms with Crippen molar-refractivity contribution < 1.29 is 48.8 Å². The molecule has 0 saturated heterocycles. The second-order valence-electron chi connectivity index (χ2n) is 2.61. The molecule has 0 aliphatic heterocycles. The molecule has 0 saturated carbocycles. The summed E-state index contributed by atoms with van der Waals surface area (Å²) in [5, 5.41) is 6.25. The maximum atomic E-state index is 7.50. The standard InChI is InChI=1S/C8H20N.CN.5CO.W/c1-5-9(6-2,7-3)8-4;6*1-2;/h5-8H2,1-4H3;;;;;;;/q+1;-1;;;;;;. The Labute approximate surface area is 148 Å². The van der Waals surface area contributed by atoms with Crippen molar-refractivity contribution in [2.75, 3.05) is 26.2 Å². The van der Waals surface area contributed by atoms with Gasteiger partial charge >= 0.3 is 56.5 Å². The van der Waals surface area contributed by atoms with Crippen LogP contribution in [0.25, 0.3) is 0 Å². The third-order valence-electron chi connectivity index (χ3n) is 2.68. The van der Waals surface area contributed by atoms with Gasteiger partial charge in [-0.15, -0.1) is 0 Å². The predicted octanol–water partition coefficient (Wildman–Crippen LogP) is 1.79. The van der Waals surface area contributed by atoms with Gasteiger partial charge < -0.3 is 16.3 Å². The molecular formula is C14H20N2O5W. The Morgan fingerprint density at radius 3 is 0.636 bits per heavy atom. The van der Waals surface area contributed by atoms with Gasteiger partial charge in [-0.3, -0.25) is 0 Å². The molecule has 0 unspecified atom stereocenters. The summed E-state index contributed by atoms with van der Waals surface area (Å²) in [5.41, 5.74) is 0. The number of quaternary nitrogens is 1. The third kappa shape index (κ3) is 51.0. The van der Waals surface area contributed by atoms with Crippen LogP contribution < -0.4 is 0 Å². The first-order valence-electron chi connectivity index (χ1n) is 5.34. The van der Waals surface area contributed by atoms with E-state index in [1.165, 1.54) is 30.7 Å². The Kier molecular flexibility index (Phi) is 204. The molecule has 0 fully saturated rings. The van der Waals surface area contributed by atoms with Crippen LogP contribution in [0.3, 0.4) is 0 Å². The van der Waals surface area contributed by atoms with Crippen LogP contribution >= 0.6 is 0 Å². The number of nitrogens with zero attached hydrogens (tertiary/aromatic N) is 2. The van der Waals surface area contributed by atoms with E-state index < -0.39 is 0 Å². The van der Waals surface area contributed by atoms with Crippen LogP contribution in [0.2, 0.25) is 0 Å². The van der Waals surface area contributed by atoms with Crippen molar-refractivity contribution in [1.29, 1.82) is 5.26 Å². The molecule has 122 valence electrons. The molecule has 0 atom stereocenters. The number of hydrogen-bond acceptors (Lipinski definition) is 1. The van der Waals surface area contributed by atoms with Crippen LogP contribution in [0.1, 0.15) is 27.7 Å². The molecule has 0 aromatic heterocycles. The first-order chi connectivity index (χ1) is 10.2. The summed E-state index contributed by atoms with van der Waals surface area (Å²) in [7, 11) is 0. The molecule has 0 rings (SSSR count). The minimum atomic E-state index is 0. The van der Waals surface area contributed by atoms with Crippen molar-refractivity contribution in [2.45, 2.75) is 27.7 Å². The Morgan fingerprint density at radius 1 is 0.545 bits per heavy atom. The Morgan fingerprint density at radius 2 is 0.636 bits per heavy atom. The Balaban J connectivity index is -0.0000000214. The average Bonchev–Trinajstić information content (AvgIpc) is 2.67. The van der Waals surface area contributed by atoms with Crippen LogP contribution in [0.4, 0.5) is 0 Å². The fourth-order valence-corrected chi connectivity index (χ4v) is 1.34. The maximum Gasteiger partial charge on any atom is 0 e. The van der Waals surface area contributed by atoms with E-state index in [0.29, 0.717) is 0 Å². The fourth-order valence-electron chi connectivity index (χ4n) is 1.34. The molecule has 22 heavy (non-hydrogen) atoms. The van der Waals surface area contributed by atoms with Gasteiger partial charge in [-0.2, -0.15) is 0 Å². The van der Waals surface area contributed by atoms with Crippen molar-refractivity contribution in [2.24, 2.45) is 0 Å². The van der Waals surface area contributed by atoms with Gasteiger partial charge in [0.05, 0.1) is 26.2 Å². The smallest absolute Gasteiger partial charge is 0 e. The summed E-state index contributed by atoms with van der Waals surface area (Å²) >= 11 is 0. The summed E-state index contributed by atoms with van der Waals surface area (Å²) in [6.07, 6.45) is 0. The maximum absolute atomic E-state index is 7.50. The first-order valence-corrected chi connectivity index (χ1v) is 5.34. The summed E-state index contributed by atoms with van der Waals surface area (Å²) in [6, 6.07) is 0. The molecule has 0 bridgehead atoms. The van der Waals surface area contributed by atoms with Gasteiger partial charge in [0.15, 0.2) is 0 Å². The van der Waals surface area contributed by atoms with Crippen LogP contribution in [0.5, 0.6) is 0 Å². The summed E-state index contributed by atoms with van der Waals surface area (Å²) in [6.45, 7) is 41.5. The van der Waals surface area contributed by atoms with Gasteiger partial charge in [0.25, 0.3) is 0 Å². The molecule has 8 heteroatoms. The molecule has 0 aromatic rings. The van der Waals surface area contributed by atoms with Crippen molar-refractivity contribution >= 4 is 0 Å². The molecule has 0 aromatic carbocycles. The molecule has 0 aliphatic rings. The predicted molar refractivity (Wildman–Crippen MR) is 67.0 cm³/mol. The third-order valence-corrected chi connectivity index (χ3v) is 2.68. The molecule has 0 spiro atoms. The molecular weight excluding hydrogens is 460 g/mol. The van der Waals surface area contributed by atoms with E-state index >= 15 is 0 Å². The molecule has 0 heterocycles. The van der Waals surface area contributed by atoms with E-state index in [1.807, 2.05) is 0 Å². The number of rotatable bonds is 4. The Hall–Kier alpha value is -1.16. The summed E-state index contributed by atoms with van der Waals surface area (Å²) in [4.78, 5) is 0. The van der Waals surface area contributed by atoms with Crippen molar-refractivity contribution in [3.8, 4) is 0 Å². The average molecular weight is 480 g/mol. The van der Waals surface area contributed by atoms with Gasteiger partial charge in [0.1, 0.15) is 0 Å². The molecule has 0 N–H and O–H groups in total. The zero-order valence-corrected chi connectivity index (χ0v) is 16.1. The zero-order chi connectivity index (χ0) is 19.3. The first kappa shape index (κ1) is 49.8. The topological polar surface area (TPSA) is 123 Å². The minimum Gasteiger partial charge on any atom is 0 e. The summed E-state index contributed by atoms with van der Waals surface area (Å²) < 4.78 is 38.8. The SMILES string of the molecule is CC[N+](CC)(CC)CC.[C-]#N.[C-]#[O+].[C-]#[O+].[C-]#[O+].[C-]#[O+].[C-]#[O+].[W]. The van der Waals surface area contributed by atoms with E-state index in [1.54, 1.807) is 0 Å². The monoisotopic (exact) mass is 480 g/mol.